The molecule has 4 N–H and O–H groups in total. The van der Waals surface area contributed by atoms with Gasteiger partial charge in [0.05, 0.1) is 6.54 Å². The minimum Gasteiger partial charge on any atom is -0.368 e. The number of rotatable bonds is 4. The molecule has 0 saturated heterocycles. The normalized spacial score (nSPS) is 10.5. The number of anilines is 2. The number of amides is 1. The number of nitrogens with two attached hydrogens (primary N) is 2. The van der Waals surface area contributed by atoms with Crippen molar-refractivity contribution < 1.29 is 4.79 Å². The van der Waals surface area contributed by atoms with Crippen molar-refractivity contribution in [1.29, 1.82) is 0 Å². The minimum atomic E-state index is -0.396. The number of hydrogen-bond acceptors (Lipinski definition) is 6. The second-order valence-electron chi connectivity index (χ2n) is 3.12. The van der Waals surface area contributed by atoms with Gasteiger partial charge in [-0.1, -0.05) is 0 Å². The fraction of sp³-hybridized carbons (Fsp3) is 0.571. The van der Waals surface area contributed by atoms with Crippen LogP contribution in [0.5, 0.6) is 0 Å². The van der Waals surface area contributed by atoms with E-state index in [0.717, 1.165) is 11.5 Å². The predicted octanol–water partition coefficient (Wildman–Crippen LogP) is -0.180. The van der Waals surface area contributed by atoms with Crippen molar-refractivity contribution in [3.63, 3.8) is 0 Å². The number of primary amides is 1. The lowest BCUT2D eigenvalue weighted by molar-refractivity contribution is -0.116. The van der Waals surface area contributed by atoms with Crippen LogP contribution in [0.2, 0.25) is 0 Å². The summed E-state index contributed by atoms with van der Waals surface area (Å²) in [5.74, 6) is -0.174. The zero-order valence-electron chi connectivity index (χ0n) is 8.10. The first-order valence-electron chi connectivity index (χ1n) is 4.15. The van der Waals surface area contributed by atoms with Gasteiger partial charge >= 0.3 is 0 Å². The van der Waals surface area contributed by atoms with E-state index in [1.54, 1.807) is 4.90 Å². The number of carbonyl (C=O) groups excluding carboxylic acids is 1. The van der Waals surface area contributed by atoms with Gasteiger partial charge in [0.25, 0.3) is 0 Å². The third kappa shape index (κ3) is 2.56. The van der Waals surface area contributed by atoms with Crippen LogP contribution in [0.15, 0.2) is 0 Å². The van der Waals surface area contributed by atoms with Crippen LogP contribution in [0.1, 0.15) is 13.8 Å². The summed E-state index contributed by atoms with van der Waals surface area (Å²) in [4.78, 5) is 16.5. The molecule has 7 heteroatoms. The molecule has 0 bridgehead atoms. The Bertz CT molecular complexity index is 324. The molecule has 1 rings (SSSR count). The van der Waals surface area contributed by atoms with E-state index < -0.39 is 5.91 Å². The van der Waals surface area contributed by atoms with Gasteiger partial charge in [-0.15, -0.1) is 0 Å². The molecule has 1 aromatic heterocycles. The number of nitrogen functional groups attached to an aromatic ring is 1. The minimum absolute atomic E-state index is 0.131. The second-order valence-corrected chi connectivity index (χ2v) is 3.85. The largest absolute Gasteiger partial charge is 0.368 e. The Morgan fingerprint density at radius 3 is 2.64 bits per heavy atom. The molecule has 0 atom stereocenters. The first-order valence-corrected chi connectivity index (χ1v) is 4.92. The summed E-state index contributed by atoms with van der Waals surface area (Å²) in [5.41, 5.74) is 10.5. The third-order valence-electron chi connectivity index (χ3n) is 1.63. The van der Waals surface area contributed by atoms with Crippen molar-refractivity contribution in [3.05, 3.63) is 0 Å². The average Bonchev–Trinajstić information content (AvgIpc) is 2.46. The van der Waals surface area contributed by atoms with Crippen LogP contribution in [0.3, 0.4) is 0 Å². The topological polar surface area (TPSA) is 98.1 Å². The Balaban J connectivity index is 2.82. The van der Waals surface area contributed by atoms with Crippen LogP contribution in [0.4, 0.5) is 11.1 Å². The zero-order chi connectivity index (χ0) is 10.7. The van der Waals surface area contributed by atoms with Gasteiger partial charge in [-0.3, -0.25) is 4.79 Å². The summed E-state index contributed by atoms with van der Waals surface area (Å²) in [6.07, 6.45) is 0. The fourth-order valence-corrected chi connectivity index (χ4v) is 1.71. The lowest BCUT2D eigenvalue weighted by atomic mass is 10.3. The first kappa shape index (κ1) is 10.7. The summed E-state index contributed by atoms with van der Waals surface area (Å²) in [5, 5.41) is 0.622. The molecule has 1 amide bonds. The summed E-state index contributed by atoms with van der Waals surface area (Å²) in [6, 6.07) is 0.134. The van der Waals surface area contributed by atoms with Crippen molar-refractivity contribution in [3.8, 4) is 0 Å². The lowest BCUT2D eigenvalue weighted by Gasteiger charge is -2.23. The molecule has 0 aliphatic rings. The van der Waals surface area contributed by atoms with Gasteiger partial charge in [0, 0.05) is 17.6 Å². The predicted molar refractivity (Wildman–Crippen MR) is 56.0 cm³/mol. The van der Waals surface area contributed by atoms with Gasteiger partial charge in [0.1, 0.15) is 0 Å². The Kier molecular flexibility index (Phi) is 3.23. The standard InChI is InChI=1S/C7H13N5OS/c1-4(2)12(3-5(8)13)7-10-6(9)11-14-7/h4H,3H2,1-2H3,(H2,8,13)(H2,9,11). The van der Waals surface area contributed by atoms with Crippen molar-refractivity contribution in [2.45, 2.75) is 19.9 Å². The van der Waals surface area contributed by atoms with Crippen molar-refractivity contribution in [2.24, 2.45) is 5.73 Å². The maximum Gasteiger partial charge on any atom is 0.237 e. The van der Waals surface area contributed by atoms with E-state index in [1.165, 1.54) is 0 Å². The molecule has 0 aliphatic carbocycles. The molecule has 78 valence electrons. The Morgan fingerprint density at radius 1 is 1.64 bits per heavy atom. The molecular weight excluding hydrogens is 202 g/mol. The Labute approximate surface area is 86.1 Å². The second kappa shape index (κ2) is 4.23. The van der Waals surface area contributed by atoms with E-state index in [1.807, 2.05) is 13.8 Å². The van der Waals surface area contributed by atoms with Crippen LogP contribution in [-0.4, -0.2) is 27.9 Å². The maximum absolute atomic E-state index is 10.8. The Hall–Kier alpha value is -1.37. The summed E-state index contributed by atoms with van der Waals surface area (Å²) in [6.45, 7) is 4.02. The molecule has 0 spiro atoms. The summed E-state index contributed by atoms with van der Waals surface area (Å²) < 4.78 is 3.84. The average molecular weight is 215 g/mol. The highest BCUT2D eigenvalue weighted by Crippen LogP contribution is 2.19. The highest BCUT2D eigenvalue weighted by Gasteiger charge is 2.16. The molecule has 0 unspecified atom stereocenters. The lowest BCUT2D eigenvalue weighted by Crippen LogP contribution is -2.38. The molecule has 6 nitrogen and oxygen atoms in total. The molecule has 0 saturated carbocycles. The highest BCUT2D eigenvalue weighted by molar-refractivity contribution is 7.09. The van der Waals surface area contributed by atoms with E-state index >= 15 is 0 Å². The number of nitrogens with zero attached hydrogens (tertiary/aromatic N) is 3. The first-order chi connectivity index (χ1) is 6.50. The highest BCUT2D eigenvalue weighted by atomic mass is 32.1. The van der Waals surface area contributed by atoms with Crippen LogP contribution in [0.25, 0.3) is 0 Å². The molecule has 0 aromatic carbocycles. The molecule has 14 heavy (non-hydrogen) atoms. The Morgan fingerprint density at radius 2 is 2.29 bits per heavy atom. The van der Waals surface area contributed by atoms with E-state index in [2.05, 4.69) is 9.36 Å². The molecular formula is C7H13N5OS. The van der Waals surface area contributed by atoms with Crippen LogP contribution in [-0.2, 0) is 4.79 Å². The van der Waals surface area contributed by atoms with Gasteiger partial charge in [-0.2, -0.15) is 9.36 Å². The number of aromatic nitrogens is 2. The van der Waals surface area contributed by atoms with E-state index in [-0.39, 0.29) is 18.5 Å². The van der Waals surface area contributed by atoms with Crippen molar-refractivity contribution >= 4 is 28.5 Å². The molecule has 0 fully saturated rings. The fourth-order valence-electron chi connectivity index (χ4n) is 0.982. The molecule has 1 heterocycles. The van der Waals surface area contributed by atoms with Gasteiger partial charge in [-0.05, 0) is 13.8 Å². The van der Waals surface area contributed by atoms with Crippen LogP contribution < -0.4 is 16.4 Å². The third-order valence-corrected chi connectivity index (χ3v) is 2.39. The molecule has 1 aromatic rings. The number of hydrogen-bond donors (Lipinski definition) is 2. The van der Waals surface area contributed by atoms with Crippen molar-refractivity contribution in [2.75, 3.05) is 17.2 Å². The smallest absolute Gasteiger partial charge is 0.237 e. The SMILES string of the molecule is CC(C)N(CC(N)=O)c1nc(N)ns1. The van der Waals surface area contributed by atoms with Gasteiger partial charge in [0.15, 0.2) is 0 Å². The van der Waals surface area contributed by atoms with E-state index in [4.69, 9.17) is 11.5 Å². The van der Waals surface area contributed by atoms with Gasteiger partial charge < -0.3 is 16.4 Å². The van der Waals surface area contributed by atoms with E-state index in [0.29, 0.717) is 5.13 Å². The zero-order valence-corrected chi connectivity index (χ0v) is 8.91. The summed E-state index contributed by atoms with van der Waals surface area (Å²) >= 11 is 1.16. The van der Waals surface area contributed by atoms with E-state index in [9.17, 15) is 4.79 Å². The molecule has 0 aliphatic heterocycles. The quantitative estimate of drug-likeness (QED) is 0.726. The summed E-state index contributed by atoms with van der Waals surface area (Å²) in [7, 11) is 0. The molecule has 0 radical (unpaired) electrons. The monoisotopic (exact) mass is 215 g/mol. The van der Waals surface area contributed by atoms with Crippen LogP contribution >= 0.6 is 11.5 Å². The maximum atomic E-state index is 10.8. The van der Waals surface area contributed by atoms with Gasteiger partial charge in [-0.25, -0.2) is 0 Å². The van der Waals surface area contributed by atoms with Gasteiger partial charge in [0.2, 0.25) is 17.0 Å². The number of carbonyl (C=O) groups is 1. The van der Waals surface area contributed by atoms with Crippen molar-refractivity contribution in [1.82, 2.24) is 9.36 Å². The van der Waals surface area contributed by atoms with Crippen LogP contribution in [0, 0.1) is 0 Å².